The van der Waals surface area contributed by atoms with Crippen LogP contribution in [0.4, 0.5) is 0 Å². The zero-order chi connectivity index (χ0) is 13.5. The Morgan fingerprint density at radius 3 is 2.67 bits per heavy atom. The van der Waals surface area contributed by atoms with E-state index in [0.29, 0.717) is 12.8 Å². The van der Waals surface area contributed by atoms with Crippen molar-refractivity contribution in [3.63, 3.8) is 0 Å². The molecule has 0 unspecified atom stereocenters. The van der Waals surface area contributed by atoms with Crippen molar-refractivity contribution in [1.29, 1.82) is 0 Å². The first-order chi connectivity index (χ1) is 8.52. The molecule has 1 N–H and O–H groups in total. The van der Waals surface area contributed by atoms with Gasteiger partial charge in [-0.15, -0.1) is 0 Å². The lowest BCUT2D eigenvalue weighted by Crippen LogP contribution is -2.38. The molecule has 1 heterocycles. The Labute approximate surface area is 107 Å². The molecule has 2 atom stereocenters. The van der Waals surface area contributed by atoms with Gasteiger partial charge in [-0.05, 0) is 13.3 Å². The minimum atomic E-state index is -0.587. The van der Waals surface area contributed by atoms with E-state index >= 15 is 0 Å². The molecule has 1 aliphatic heterocycles. The van der Waals surface area contributed by atoms with Gasteiger partial charge in [0.15, 0.2) is 0 Å². The van der Waals surface area contributed by atoms with Gasteiger partial charge in [0.2, 0.25) is 5.91 Å². The summed E-state index contributed by atoms with van der Waals surface area (Å²) in [6.45, 7) is 3.84. The van der Waals surface area contributed by atoms with Crippen molar-refractivity contribution in [2.75, 3.05) is 0 Å². The summed E-state index contributed by atoms with van der Waals surface area (Å²) in [6.07, 6.45) is 3.49. The van der Waals surface area contributed by atoms with E-state index in [-0.39, 0.29) is 24.2 Å². The molecule has 0 aromatic carbocycles. The van der Waals surface area contributed by atoms with Crippen molar-refractivity contribution in [3.05, 3.63) is 0 Å². The van der Waals surface area contributed by atoms with Gasteiger partial charge in [-0.2, -0.15) is 0 Å². The molecule has 18 heavy (non-hydrogen) atoms. The fourth-order valence-corrected chi connectivity index (χ4v) is 1.96. The highest BCUT2D eigenvalue weighted by Crippen LogP contribution is 2.14. The van der Waals surface area contributed by atoms with Crippen LogP contribution in [0.2, 0.25) is 0 Å². The Morgan fingerprint density at radius 1 is 1.39 bits per heavy atom. The van der Waals surface area contributed by atoms with Crippen molar-refractivity contribution < 1.29 is 19.1 Å². The van der Waals surface area contributed by atoms with E-state index < -0.39 is 12.0 Å². The third-order valence-corrected chi connectivity index (χ3v) is 2.92. The second-order valence-electron chi connectivity index (χ2n) is 4.78. The Balaban J connectivity index is 2.25. The maximum Gasteiger partial charge on any atom is 0.329 e. The largest absolute Gasteiger partial charge is 0.461 e. The smallest absolute Gasteiger partial charge is 0.329 e. The number of unbranched alkanes of at least 4 members (excludes halogenated alkanes) is 2. The molecular formula is C13H21NO4. The quantitative estimate of drug-likeness (QED) is 0.423. The average Bonchev–Trinajstić information content (AvgIpc) is 2.57. The molecule has 0 bridgehead atoms. The van der Waals surface area contributed by atoms with Gasteiger partial charge in [-0.1, -0.05) is 19.8 Å². The van der Waals surface area contributed by atoms with Gasteiger partial charge in [-0.3, -0.25) is 9.59 Å². The first-order valence-corrected chi connectivity index (χ1v) is 6.54. The van der Waals surface area contributed by atoms with Gasteiger partial charge in [0.25, 0.3) is 0 Å². The molecule has 5 heteroatoms. The van der Waals surface area contributed by atoms with Gasteiger partial charge in [0.05, 0.1) is 6.42 Å². The Hall–Kier alpha value is -1.39. The number of ketones is 1. The number of ether oxygens (including phenoxy) is 1. The van der Waals surface area contributed by atoms with Crippen molar-refractivity contribution in [2.45, 2.75) is 64.5 Å². The van der Waals surface area contributed by atoms with Crippen LogP contribution in [0.5, 0.6) is 0 Å². The van der Waals surface area contributed by atoms with Crippen molar-refractivity contribution >= 4 is 17.7 Å². The number of carbonyl (C=O) groups is 3. The maximum absolute atomic E-state index is 11.6. The number of hydrogen-bond donors (Lipinski definition) is 1. The van der Waals surface area contributed by atoms with Crippen molar-refractivity contribution in [3.8, 4) is 0 Å². The van der Waals surface area contributed by atoms with E-state index in [9.17, 15) is 14.4 Å². The average molecular weight is 255 g/mol. The predicted molar refractivity (Wildman–Crippen MR) is 65.9 cm³/mol. The molecule has 1 fully saturated rings. The predicted octanol–water partition coefficient (Wildman–Crippen LogP) is 1.35. The molecule has 1 saturated heterocycles. The molecule has 0 aromatic rings. The number of nitrogens with one attached hydrogen (secondary N) is 1. The molecule has 0 aromatic heterocycles. The van der Waals surface area contributed by atoms with Crippen LogP contribution < -0.4 is 5.32 Å². The SMILES string of the molecule is CCCCCC(=O)CC(=O)N[C@H]1C[C@@H](C)OC1=O. The molecule has 0 saturated carbocycles. The standard InChI is InChI=1S/C13H21NO4/c1-3-4-5-6-10(15)8-12(16)14-11-7-9(2)18-13(11)17/h9,11H,3-8H2,1-2H3,(H,14,16)/t9-,11+/m1/s1. The first-order valence-electron chi connectivity index (χ1n) is 6.54. The van der Waals surface area contributed by atoms with Gasteiger partial charge in [0.1, 0.15) is 17.9 Å². The minimum Gasteiger partial charge on any atom is -0.461 e. The van der Waals surface area contributed by atoms with E-state index in [1.54, 1.807) is 6.92 Å². The third kappa shape index (κ3) is 4.85. The highest BCUT2D eigenvalue weighted by atomic mass is 16.6. The van der Waals surface area contributed by atoms with E-state index in [1.807, 2.05) is 0 Å². The molecule has 0 spiro atoms. The normalized spacial score (nSPS) is 22.7. The lowest BCUT2D eigenvalue weighted by molar-refractivity contribution is -0.144. The van der Waals surface area contributed by atoms with Crippen molar-refractivity contribution in [2.24, 2.45) is 0 Å². The van der Waals surface area contributed by atoms with E-state index in [4.69, 9.17) is 4.74 Å². The van der Waals surface area contributed by atoms with Crippen LogP contribution in [-0.2, 0) is 19.1 Å². The zero-order valence-corrected chi connectivity index (χ0v) is 11.0. The van der Waals surface area contributed by atoms with Gasteiger partial charge in [0, 0.05) is 12.8 Å². The number of rotatable bonds is 7. The Kier molecular flexibility index (Phi) is 5.82. The summed E-state index contributed by atoms with van der Waals surface area (Å²) >= 11 is 0. The van der Waals surface area contributed by atoms with Crippen LogP contribution in [0.25, 0.3) is 0 Å². The molecule has 5 nitrogen and oxygen atoms in total. The summed E-state index contributed by atoms with van der Waals surface area (Å²) in [5.74, 6) is -0.859. The summed E-state index contributed by atoms with van der Waals surface area (Å²) in [4.78, 5) is 34.3. The Bertz CT molecular complexity index is 327. The summed E-state index contributed by atoms with van der Waals surface area (Å²) in [7, 11) is 0. The second-order valence-corrected chi connectivity index (χ2v) is 4.78. The molecule has 1 aliphatic rings. The van der Waals surface area contributed by atoms with Gasteiger partial charge < -0.3 is 10.1 Å². The number of amides is 1. The number of carbonyl (C=O) groups excluding carboxylic acids is 3. The van der Waals surface area contributed by atoms with Crippen LogP contribution in [0.1, 0.15) is 52.4 Å². The number of Topliss-reactive ketones (excluding diaryl/α,β-unsaturated/α-hetero) is 1. The minimum absolute atomic E-state index is 0.0691. The van der Waals surface area contributed by atoms with Crippen molar-refractivity contribution in [1.82, 2.24) is 5.32 Å². The summed E-state index contributed by atoms with van der Waals surface area (Å²) < 4.78 is 4.92. The second kappa shape index (κ2) is 7.13. The van der Waals surface area contributed by atoms with E-state index in [0.717, 1.165) is 19.3 Å². The van der Waals surface area contributed by atoms with Crippen LogP contribution in [0.15, 0.2) is 0 Å². The molecule has 102 valence electrons. The highest BCUT2D eigenvalue weighted by Gasteiger charge is 2.33. The van der Waals surface area contributed by atoms with Crippen LogP contribution >= 0.6 is 0 Å². The summed E-state index contributed by atoms with van der Waals surface area (Å²) in [5.41, 5.74) is 0. The molecule has 0 aliphatic carbocycles. The summed E-state index contributed by atoms with van der Waals surface area (Å²) in [5, 5.41) is 2.55. The van der Waals surface area contributed by atoms with E-state index in [2.05, 4.69) is 12.2 Å². The Morgan fingerprint density at radius 2 is 2.11 bits per heavy atom. The van der Waals surface area contributed by atoms with E-state index in [1.165, 1.54) is 0 Å². The van der Waals surface area contributed by atoms with Gasteiger partial charge >= 0.3 is 5.97 Å². The fourth-order valence-electron chi connectivity index (χ4n) is 1.96. The lowest BCUT2D eigenvalue weighted by atomic mass is 10.1. The molecule has 1 amide bonds. The number of cyclic esters (lactones) is 1. The van der Waals surface area contributed by atoms with Crippen LogP contribution in [0.3, 0.4) is 0 Å². The van der Waals surface area contributed by atoms with Crippen LogP contribution in [0, 0.1) is 0 Å². The van der Waals surface area contributed by atoms with Crippen LogP contribution in [-0.4, -0.2) is 29.8 Å². The van der Waals surface area contributed by atoms with Gasteiger partial charge in [-0.25, -0.2) is 4.79 Å². The monoisotopic (exact) mass is 255 g/mol. The highest BCUT2D eigenvalue weighted by molar-refractivity contribution is 5.99. The first kappa shape index (κ1) is 14.7. The number of esters is 1. The lowest BCUT2D eigenvalue weighted by Gasteiger charge is -2.08. The maximum atomic E-state index is 11.6. The molecule has 1 rings (SSSR count). The fraction of sp³-hybridized carbons (Fsp3) is 0.769. The zero-order valence-electron chi connectivity index (χ0n) is 11.0. The molecule has 0 radical (unpaired) electrons. The number of hydrogen-bond acceptors (Lipinski definition) is 4. The summed E-state index contributed by atoms with van der Waals surface area (Å²) in [6, 6.07) is -0.587. The third-order valence-electron chi connectivity index (χ3n) is 2.92. The molecular weight excluding hydrogens is 234 g/mol. The topological polar surface area (TPSA) is 72.5 Å².